The van der Waals surface area contributed by atoms with Gasteiger partial charge in [-0.05, 0) is 42.7 Å². The molecule has 0 amide bonds. The Bertz CT molecular complexity index is 596. The largest absolute Gasteiger partial charge is 0.497 e. The van der Waals surface area contributed by atoms with Crippen LogP contribution in [0, 0.1) is 6.92 Å². The van der Waals surface area contributed by atoms with Crippen molar-refractivity contribution in [3.8, 4) is 11.5 Å². The van der Waals surface area contributed by atoms with Gasteiger partial charge in [-0.25, -0.2) is 0 Å². The minimum Gasteiger partial charge on any atom is -0.497 e. The normalized spacial score (nSPS) is 10.3. The van der Waals surface area contributed by atoms with Crippen molar-refractivity contribution in [1.29, 1.82) is 0 Å². The van der Waals surface area contributed by atoms with Crippen LogP contribution in [0.3, 0.4) is 0 Å². The van der Waals surface area contributed by atoms with Gasteiger partial charge in [0.1, 0.15) is 11.5 Å². The lowest BCUT2D eigenvalue weighted by Gasteiger charge is -2.13. The first-order valence-corrected chi connectivity index (χ1v) is 7.22. The molecular formula is C17H20ClNO2. The van der Waals surface area contributed by atoms with E-state index in [9.17, 15) is 0 Å². The summed E-state index contributed by atoms with van der Waals surface area (Å²) in [6, 6.07) is 11.9. The second kappa shape index (κ2) is 7.23. The average molecular weight is 306 g/mol. The van der Waals surface area contributed by atoms with Crippen LogP contribution < -0.4 is 14.8 Å². The molecule has 4 heteroatoms. The number of anilines is 1. The van der Waals surface area contributed by atoms with Crippen molar-refractivity contribution in [2.24, 2.45) is 0 Å². The van der Waals surface area contributed by atoms with Crippen LogP contribution in [0.1, 0.15) is 11.1 Å². The number of benzene rings is 2. The summed E-state index contributed by atoms with van der Waals surface area (Å²) in [6.07, 6.45) is 0.925. The van der Waals surface area contributed by atoms with Gasteiger partial charge in [0.15, 0.2) is 0 Å². The fourth-order valence-corrected chi connectivity index (χ4v) is 2.26. The summed E-state index contributed by atoms with van der Waals surface area (Å²) in [5.41, 5.74) is 3.25. The fourth-order valence-electron chi connectivity index (χ4n) is 2.10. The molecule has 0 aromatic heterocycles. The van der Waals surface area contributed by atoms with E-state index in [0.717, 1.165) is 35.7 Å². The summed E-state index contributed by atoms with van der Waals surface area (Å²) in [4.78, 5) is 0. The quantitative estimate of drug-likeness (QED) is 0.862. The maximum absolute atomic E-state index is 6.10. The smallest absolute Gasteiger partial charge is 0.143 e. The molecule has 0 saturated heterocycles. The van der Waals surface area contributed by atoms with Gasteiger partial charge < -0.3 is 14.8 Å². The number of methoxy groups -OCH3 is 2. The molecule has 1 N–H and O–H groups in total. The third-order valence-corrected chi connectivity index (χ3v) is 3.78. The lowest BCUT2D eigenvalue weighted by molar-refractivity contribution is 0.414. The molecule has 0 aliphatic heterocycles. The lowest BCUT2D eigenvalue weighted by atomic mass is 10.1. The highest BCUT2D eigenvalue weighted by molar-refractivity contribution is 6.31. The highest BCUT2D eigenvalue weighted by atomic mass is 35.5. The number of hydrogen-bond donors (Lipinski definition) is 1. The summed E-state index contributed by atoms with van der Waals surface area (Å²) < 4.78 is 10.5. The van der Waals surface area contributed by atoms with Crippen molar-refractivity contribution in [1.82, 2.24) is 0 Å². The molecule has 0 fully saturated rings. The molecule has 0 unspecified atom stereocenters. The topological polar surface area (TPSA) is 30.5 Å². The predicted octanol–water partition coefficient (Wildman–Crippen LogP) is 4.32. The molecule has 112 valence electrons. The molecule has 0 heterocycles. The maximum atomic E-state index is 6.10. The highest BCUT2D eigenvalue weighted by Crippen LogP contribution is 2.30. The van der Waals surface area contributed by atoms with Crippen LogP contribution in [0.5, 0.6) is 11.5 Å². The van der Waals surface area contributed by atoms with Crippen molar-refractivity contribution >= 4 is 17.3 Å². The Morgan fingerprint density at radius 1 is 1.05 bits per heavy atom. The minimum absolute atomic E-state index is 0.715. The van der Waals surface area contributed by atoms with E-state index in [1.54, 1.807) is 14.2 Å². The zero-order valence-corrected chi connectivity index (χ0v) is 13.3. The van der Waals surface area contributed by atoms with E-state index in [-0.39, 0.29) is 0 Å². The summed E-state index contributed by atoms with van der Waals surface area (Å²) in [5.74, 6) is 1.64. The Labute approximate surface area is 130 Å². The lowest BCUT2D eigenvalue weighted by Crippen LogP contribution is -2.06. The first kappa shape index (κ1) is 15.5. The first-order chi connectivity index (χ1) is 10.1. The molecule has 0 atom stereocenters. The molecular weight excluding hydrogens is 286 g/mol. The van der Waals surface area contributed by atoms with Crippen LogP contribution >= 0.6 is 11.6 Å². The van der Waals surface area contributed by atoms with Gasteiger partial charge in [-0.1, -0.05) is 23.7 Å². The Morgan fingerprint density at radius 3 is 2.38 bits per heavy atom. The molecule has 3 nitrogen and oxygen atoms in total. The highest BCUT2D eigenvalue weighted by Gasteiger charge is 2.06. The number of halogens is 1. The van der Waals surface area contributed by atoms with E-state index < -0.39 is 0 Å². The molecule has 0 aliphatic rings. The molecule has 0 radical (unpaired) electrons. The summed E-state index contributed by atoms with van der Waals surface area (Å²) in [5, 5.41) is 4.11. The molecule has 2 aromatic carbocycles. The third-order valence-electron chi connectivity index (χ3n) is 3.37. The van der Waals surface area contributed by atoms with E-state index in [1.807, 2.05) is 31.2 Å². The van der Waals surface area contributed by atoms with Gasteiger partial charge in [0, 0.05) is 17.6 Å². The van der Waals surface area contributed by atoms with Crippen molar-refractivity contribution in [2.75, 3.05) is 26.1 Å². The molecule has 0 saturated carbocycles. The Kier molecular flexibility index (Phi) is 5.34. The van der Waals surface area contributed by atoms with E-state index in [4.69, 9.17) is 21.1 Å². The maximum Gasteiger partial charge on any atom is 0.143 e. The summed E-state index contributed by atoms with van der Waals surface area (Å²) in [7, 11) is 3.32. The van der Waals surface area contributed by atoms with Crippen LogP contribution in [0.25, 0.3) is 0 Å². The Hall–Kier alpha value is -1.87. The second-order valence-electron chi connectivity index (χ2n) is 4.83. The molecule has 21 heavy (non-hydrogen) atoms. The molecule has 0 bridgehead atoms. The van der Waals surface area contributed by atoms with Gasteiger partial charge in [-0.15, -0.1) is 0 Å². The van der Waals surface area contributed by atoms with Gasteiger partial charge in [-0.2, -0.15) is 0 Å². The number of rotatable bonds is 6. The predicted molar refractivity (Wildman–Crippen MR) is 87.9 cm³/mol. The van der Waals surface area contributed by atoms with Crippen LogP contribution in [0.4, 0.5) is 5.69 Å². The van der Waals surface area contributed by atoms with E-state index in [0.29, 0.717) is 5.02 Å². The van der Waals surface area contributed by atoms with E-state index in [2.05, 4.69) is 17.4 Å². The summed E-state index contributed by atoms with van der Waals surface area (Å²) >= 11 is 6.10. The number of ether oxygens (including phenoxy) is 2. The van der Waals surface area contributed by atoms with Gasteiger partial charge in [0.25, 0.3) is 0 Å². The fraction of sp³-hybridized carbons (Fsp3) is 0.294. The molecule has 0 spiro atoms. The van der Waals surface area contributed by atoms with Crippen molar-refractivity contribution in [2.45, 2.75) is 13.3 Å². The van der Waals surface area contributed by atoms with Gasteiger partial charge >= 0.3 is 0 Å². The molecule has 0 aliphatic carbocycles. The first-order valence-electron chi connectivity index (χ1n) is 6.85. The number of nitrogens with one attached hydrogen (secondary N) is 1. The average Bonchev–Trinajstić information content (AvgIpc) is 2.51. The van der Waals surface area contributed by atoms with E-state index >= 15 is 0 Å². The van der Waals surface area contributed by atoms with Crippen LogP contribution in [0.15, 0.2) is 36.4 Å². The standard InChI is InChI=1S/C17H20ClNO2/c1-12-10-16(17(21-3)11-15(12)18)19-9-8-13-4-6-14(20-2)7-5-13/h4-7,10-11,19H,8-9H2,1-3H3. The Balaban J connectivity index is 1.97. The SMILES string of the molecule is COc1ccc(CCNc2cc(C)c(Cl)cc2OC)cc1. The van der Waals surface area contributed by atoms with Crippen molar-refractivity contribution in [3.63, 3.8) is 0 Å². The monoisotopic (exact) mass is 305 g/mol. The molecule has 2 aromatic rings. The van der Waals surface area contributed by atoms with Gasteiger partial charge in [0.2, 0.25) is 0 Å². The third kappa shape index (κ3) is 4.05. The van der Waals surface area contributed by atoms with Crippen LogP contribution in [-0.2, 0) is 6.42 Å². The van der Waals surface area contributed by atoms with Crippen LogP contribution in [0.2, 0.25) is 5.02 Å². The Morgan fingerprint density at radius 2 is 1.76 bits per heavy atom. The number of hydrogen-bond acceptors (Lipinski definition) is 3. The molecule has 2 rings (SSSR count). The van der Waals surface area contributed by atoms with Gasteiger partial charge in [-0.3, -0.25) is 0 Å². The second-order valence-corrected chi connectivity index (χ2v) is 5.23. The van der Waals surface area contributed by atoms with Gasteiger partial charge in [0.05, 0.1) is 19.9 Å². The zero-order chi connectivity index (χ0) is 15.2. The van der Waals surface area contributed by atoms with Crippen molar-refractivity contribution < 1.29 is 9.47 Å². The minimum atomic E-state index is 0.715. The van der Waals surface area contributed by atoms with Crippen LogP contribution in [-0.4, -0.2) is 20.8 Å². The van der Waals surface area contributed by atoms with E-state index in [1.165, 1.54) is 5.56 Å². The number of aryl methyl sites for hydroxylation is 1. The zero-order valence-electron chi connectivity index (χ0n) is 12.6. The summed E-state index contributed by atoms with van der Waals surface area (Å²) in [6.45, 7) is 2.81. The van der Waals surface area contributed by atoms with Crippen molar-refractivity contribution in [3.05, 3.63) is 52.5 Å².